The van der Waals surface area contributed by atoms with Gasteiger partial charge in [-0.3, -0.25) is 0 Å². The zero-order valence-corrected chi connectivity index (χ0v) is 11.4. The molecule has 3 rings (SSSR count). The summed E-state index contributed by atoms with van der Waals surface area (Å²) in [4.78, 5) is 5.13. The molecule has 1 unspecified atom stereocenters. The summed E-state index contributed by atoms with van der Waals surface area (Å²) in [6.45, 7) is 10.1. The van der Waals surface area contributed by atoms with E-state index in [2.05, 4.69) is 47.2 Å². The molecule has 0 amide bonds. The van der Waals surface area contributed by atoms with Gasteiger partial charge in [0.15, 0.2) is 0 Å². The third-order valence-electron chi connectivity index (χ3n) is 4.26. The Hall–Kier alpha value is -1.22. The lowest BCUT2D eigenvalue weighted by Crippen LogP contribution is -2.58. The molecule has 1 fully saturated rings. The molecule has 1 atom stereocenters. The molecule has 1 saturated heterocycles. The van der Waals surface area contributed by atoms with Crippen LogP contribution in [-0.4, -0.2) is 38.8 Å². The van der Waals surface area contributed by atoms with Crippen LogP contribution in [0.2, 0.25) is 0 Å². The number of rotatable bonds is 2. The van der Waals surface area contributed by atoms with Gasteiger partial charge in [0, 0.05) is 32.7 Å². The van der Waals surface area contributed by atoms with E-state index in [9.17, 15) is 0 Å². The second-order valence-electron chi connectivity index (χ2n) is 5.27. The van der Waals surface area contributed by atoms with Crippen molar-refractivity contribution in [2.24, 2.45) is 0 Å². The molecule has 0 aliphatic carbocycles. The van der Waals surface area contributed by atoms with Crippen LogP contribution in [0.3, 0.4) is 0 Å². The van der Waals surface area contributed by atoms with Crippen molar-refractivity contribution >= 4 is 11.4 Å². The van der Waals surface area contributed by atoms with Gasteiger partial charge in [-0.15, -0.1) is 0 Å². The van der Waals surface area contributed by atoms with Crippen molar-refractivity contribution in [3.63, 3.8) is 0 Å². The second kappa shape index (κ2) is 4.81. The van der Waals surface area contributed by atoms with Crippen molar-refractivity contribution < 1.29 is 0 Å². The van der Waals surface area contributed by atoms with Crippen LogP contribution >= 0.6 is 0 Å². The molecule has 2 aliphatic rings. The van der Waals surface area contributed by atoms with E-state index in [-0.39, 0.29) is 0 Å². The Labute approximate surface area is 110 Å². The van der Waals surface area contributed by atoms with Crippen LogP contribution in [0.25, 0.3) is 0 Å². The van der Waals surface area contributed by atoms with Gasteiger partial charge in [-0.1, -0.05) is 13.0 Å². The molecule has 1 aromatic carbocycles. The molecule has 98 valence electrons. The largest absolute Gasteiger partial charge is 0.368 e. The Balaban J connectivity index is 2.02. The molecule has 3 nitrogen and oxygen atoms in total. The van der Waals surface area contributed by atoms with Crippen LogP contribution in [0.4, 0.5) is 11.4 Å². The van der Waals surface area contributed by atoms with E-state index in [0.29, 0.717) is 6.04 Å². The highest BCUT2D eigenvalue weighted by molar-refractivity contribution is 5.75. The fourth-order valence-corrected chi connectivity index (χ4v) is 3.18. The lowest BCUT2D eigenvalue weighted by atomic mass is 10.0. The summed E-state index contributed by atoms with van der Waals surface area (Å²) in [5, 5.41) is 3.51. The van der Waals surface area contributed by atoms with Crippen molar-refractivity contribution in [1.29, 1.82) is 0 Å². The number of anilines is 2. The molecule has 0 saturated carbocycles. The summed E-state index contributed by atoms with van der Waals surface area (Å²) in [6, 6.07) is 7.64. The molecule has 1 aromatic rings. The number of nitrogens with zero attached hydrogens (tertiary/aromatic N) is 2. The van der Waals surface area contributed by atoms with E-state index in [0.717, 1.165) is 39.1 Å². The molecule has 3 heteroatoms. The number of nitrogens with one attached hydrogen (secondary N) is 1. The minimum Gasteiger partial charge on any atom is -0.368 e. The van der Waals surface area contributed by atoms with Gasteiger partial charge in [0.05, 0.1) is 17.4 Å². The van der Waals surface area contributed by atoms with Crippen LogP contribution in [0, 0.1) is 0 Å². The normalized spacial score (nSPS) is 22.7. The molecule has 0 bridgehead atoms. The van der Waals surface area contributed by atoms with Gasteiger partial charge in [-0.2, -0.15) is 0 Å². The highest BCUT2D eigenvalue weighted by atomic mass is 15.3. The maximum atomic E-state index is 3.51. The summed E-state index contributed by atoms with van der Waals surface area (Å²) < 4.78 is 0. The third kappa shape index (κ3) is 1.87. The first-order valence-electron chi connectivity index (χ1n) is 7.18. The average molecular weight is 245 g/mol. The van der Waals surface area contributed by atoms with Gasteiger partial charge in [0.25, 0.3) is 0 Å². The quantitative estimate of drug-likeness (QED) is 0.858. The fourth-order valence-electron chi connectivity index (χ4n) is 3.18. The van der Waals surface area contributed by atoms with Crippen LogP contribution in [0.1, 0.15) is 19.4 Å². The number of benzene rings is 1. The maximum Gasteiger partial charge on any atom is 0.0608 e. The zero-order chi connectivity index (χ0) is 12.5. The van der Waals surface area contributed by atoms with E-state index in [4.69, 9.17) is 0 Å². The average Bonchev–Trinajstić information content (AvgIpc) is 2.45. The van der Waals surface area contributed by atoms with E-state index in [1.807, 2.05) is 0 Å². The summed E-state index contributed by atoms with van der Waals surface area (Å²) in [5.41, 5.74) is 4.32. The number of piperazine rings is 1. The molecule has 2 aliphatic heterocycles. The van der Waals surface area contributed by atoms with Gasteiger partial charge < -0.3 is 15.1 Å². The third-order valence-corrected chi connectivity index (χ3v) is 4.26. The van der Waals surface area contributed by atoms with E-state index in [1.165, 1.54) is 16.9 Å². The van der Waals surface area contributed by atoms with Gasteiger partial charge in [0.1, 0.15) is 0 Å². The summed E-state index contributed by atoms with van der Waals surface area (Å²) in [6.07, 6.45) is 1.12. The fraction of sp³-hybridized carbons (Fsp3) is 0.600. The van der Waals surface area contributed by atoms with Crippen LogP contribution in [0.15, 0.2) is 18.2 Å². The zero-order valence-electron chi connectivity index (χ0n) is 11.4. The molecule has 0 spiro atoms. The SMILES string of the molecule is CCc1ccc2c(c1)N(CC)CC1CNCCN21. The maximum absolute atomic E-state index is 3.51. The van der Waals surface area contributed by atoms with Crippen molar-refractivity contribution in [2.75, 3.05) is 42.5 Å². The van der Waals surface area contributed by atoms with Gasteiger partial charge in [0.2, 0.25) is 0 Å². The molecule has 2 heterocycles. The smallest absolute Gasteiger partial charge is 0.0608 e. The Morgan fingerprint density at radius 3 is 2.94 bits per heavy atom. The van der Waals surface area contributed by atoms with E-state index >= 15 is 0 Å². The van der Waals surface area contributed by atoms with Gasteiger partial charge >= 0.3 is 0 Å². The van der Waals surface area contributed by atoms with E-state index < -0.39 is 0 Å². The minimum atomic E-state index is 0.638. The Kier molecular flexibility index (Phi) is 3.16. The Bertz CT molecular complexity index is 430. The standard InChI is InChI=1S/C15H23N3/c1-3-12-5-6-14-15(9-12)17(4-2)11-13-10-16-7-8-18(13)14/h5-6,9,13,16H,3-4,7-8,10-11H2,1-2H3. The molecular formula is C15H23N3. The Morgan fingerprint density at radius 1 is 1.28 bits per heavy atom. The van der Waals surface area contributed by atoms with Crippen molar-refractivity contribution in [3.05, 3.63) is 23.8 Å². The number of hydrogen-bond acceptors (Lipinski definition) is 3. The van der Waals surface area contributed by atoms with Gasteiger partial charge in [-0.25, -0.2) is 0 Å². The van der Waals surface area contributed by atoms with Gasteiger partial charge in [-0.05, 0) is 31.0 Å². The van der Waals surface area contributed by atoms with E-state index in [1.54, 1.807) is 0 Å². The highest BCUT2D eigenvalue weighted by Crippen LogP contribution is 2.36. The minimum absolute atomic E-state index is 0.638. The van der Waals surface area contributed by atoms with Crippen molar-refractivity contribution in [1.82, 2.24) is 5.32 Å². The molecule has 0 radical (unpaired) electrons. The lowest BCUT2D eigenvalue weighted by Gasteiger charge is -2.47. The summed E-state index contributed by atoms with van der Waals surface area (Å²) in [7, 11) is 0. The summed E-state index contributed by atoms with van der Waals surface area (Å²) >= 11 is 0. The highest BCUT2D eigenvalue weighted by Gasteiger charge is 2.31. The predicted octanol–water partition coefficient (Wildman–Crippen LogP) is 1.87. The monoisotopic (exact) mass is 245 g/mol. The lowest BCUT2D eigenvalue weighted by molar-refractivity contribution is 0.460. The van der Waals surface area contributed by atoms with Crippen LogP contribution < -0.4 is 15.1 Å². The number of likely N-dealkylation sites (N-methyl/N-ethyl adjacent to an activating group) is 1. The first-order valence-corrected chi connectivity index (χ1v) is 7.18. The Morgan fingerprint density at radius 2 is 2.17 bits per heavy atom. The van der Waals surface area contributed by atoms with Crippen LogP contribution in [0.5, 0.6) is 0 Å². The summed E-state index contributed by atoms with van der Waals surface area (Å²) in [5.74, 6) is 0. The number of fused-ring (bicyclic) bond motifs is 3. The van der Waals surface area contributed by atoms with Crippen molar-refractivity contribution in [2.45, 2.75) is 26.3 Å². The number of aryl methyl sites for hydroxylation is 1. The number of hydrogen-bond donors (Lipinski definition) is 1. The van der Waals surface area contributed by atoms with Crippen LogP contribution in [-0.2, 0) is 6.42 Å². The molecular weight excluding hydrogens is 222 g/mol. The first-order chi connectivity index (χ1) is 8.83. The molecule has 1 N–H and O–H groups in total. The molecule has 18 heavy (non-hydrogen) atoms. The second-order valence-corrected chi connectivity index (χ2v) is 5.27. The topological polar surface area (TPSA) is 18.5 Å². The van der Waals surface area contributed by atoms with Crippen molar-refractivity contribution in [3.8, 4) is 0 Å². The first kappa shape index (κ1) is 11.8. The predicted molar refractivity (Wildman–Crippen MR) is 77.7 cm³/mol. The molecule has 0 aromatic heterocycles.